The zero-order chi connectivity index (χ0) is 27.7. The van der Waals surface area contributed by atoms with Crippen molar-refractivity contribution in [3.63, 3.8) is 0 Å². The molecule has 0 aromatic heterocycles. The lowest BCUT2D eigenvalue weighted by Crippen LogP contribution is -2.39. The normalized spacial score (nSPS) is 21.2. The van der Waals surface area contributed by atoms with E-state index in [9.17, 15) is 0 Å². The maximum absolute atomic E-state index is 2.84. The summed E-state index contributed by atoms with van der Waals surface area (Å²) >= 11 is 0. The van der Waals surface area contributed by atoms with Crippen LogP contribution in [0.2, 0.25) is 23.7 Å². The van der Waals surface area contributed by atoms with E-state index in [0.29, 0.717) is 0 Å². The van der Waals surface area contributed by atoms with Crippen molar-refractivity contribution in [2.75, 3.05) is 0 Å². The zero-order valence-corrected chi connectivity index (χ0v) is 27.1. The Morgan fingerprint density at radius 3 is 1.56 bits per heavy atom. The molecule has 5 rings (SSSR count). The van der Waals surface area contributed by atoms with Crippen molar-refractivity contribution in [3.05, 3.63) is 58.7 Å². The number of benzene rings is 2. The molecule has 2 fully saturated rings. The van der Waals surface area contributed by atoms with Crippen molar-refractivity contribution < 1.29 is 9.15 Å². The Kier molecular flexibility index (Phi) is 8.67. The molecule has 2 aromatic carbocycles. The van der Waals surface area contributed by atoms with Gasteiger partial charge in [-0.2, -0.15) is 0 Å². The largest absolute Gasteiger partial charge is 0.351 e. The first kappa shape index (κ1) is 28.5. The van der Waals surface area contributed by atoms with Crippen molar-refractivity contribution in [3.8, 4) is 0 Å². The second kappa shape index (κ2) is 11.8. The summed E-state index contributed by atoms with van der Waals surface area (Å²) in [5.74, 6) is 0. The first-order chi connectivity index (χ1) is 18.7. The molecule has 1 unspecified atom stereocenters. The molecule has 39 heavy (non-hydrogen) atoms. The fourth-order valence-corrected chi connectivity index (χ4v) is 14.9. The van der Waals surface area contributed by atoms with Crippen LogP contribution in [0.4, 0.5) is 11.4 Å². The van der Waals surface area contributed by atoms with Gasteiger partial charge in [-0.25, -0.2) is 0 Å². The standard InChI is InChI=1S/C36H54N2Si/c1-26-16-14-17-27(2)35(26)37-30(5)34(38(31(37)6)36-28(3)18-15-19-29(36)4)24-12-13-25-39(7,32-20-8-9-21-32)33-22-10-11-23-33/h14-19,31-33H,8-13,20-25H2,1-7H3/q+2. The molecule has 0 radical (unpaired) electrons. The maximum atomic E-state index is 2.84. The number of aryl methyl sites for hydroxylation is 4. The highest BCUT2D eigenvalue weighted by molar-refractivity contribution is 6.81. The van der Waals surface area contributed by atoms with E-state index in [2.05, 4.69) is 93.6 Å². The smallest absolute Gasteiger partial charge is 0.128 e. The van der Waals surface area contributed by atoms with Crippen LogP contribution in [0.1, 0.15) is 107 Å². The Morgan fingerprint density at radius 2 is 1.10 bits per heavy atom. The molecule has 1 heterocycles. The Labute approximate surface area is 240 Å². The number of rotatable bonds is 9. The molecule has 2 saturated carbocycles. The van der Waals surface area contributed by atoms with Crippen LogP contribution < -0.4 is 0 Å². The van der Waals surface area contributed by atoms with E-state index in [1.807, 2.05) is 0 Å². The number of hydrogen-bond acceptors (Lipinski definition) is 0. The minimum Gasteiger partial charge on any atom is -0.128 e. The molecule has 0 spiro atoms. The van der Waals surface area contributed by atoms with Crippen molar-refractivity contribution in [2.24, 2.45) is 0 Å². The van der Waals surface area contributed by atoms with Crippen molar-refractivity contribution in [2.45, 2.75) is 142 Å². The maximum Gasteiger partial charge on any atom is 0.351 e. The van der Waals surface area contributed by atoms with Crippen LogP contribution in [-0.4, -0.2) is 34.8 Å². The van der Waals surface area contributed by atoms with Gasteiger partial charge in [-0.3, -0.25) is 0 Å². The van der Waals surface area contributed by atoms with Gasteiger partial charge in [0.15, 0.2) is 0 Å². The molecule has 2 nitrogen and oxygen atoms in total. The van der Waals surface area contributed by atoms with Crippen LogP contribution in [0.3, 0.4) is 0 Å². The third-order valence-electron chi connectivity index (χ3n) is 11.1. The molecular formula is C36H54N2Si+2. The summed E-state index contributed by atoms with van der Waals surface area (Å²) in [4.78, 5) is 0. The highest BCUT2D eigenvalue weighted by atomic mass is 28.3. The summed E-state index contributed by atoms with van der Waals surface area (Å²) in [6.45, 7) is 16.8. The Bertz CT molecular complexity index is 1200. The van der Waals surface area contributed by atoms with Crippen molar-refractivity contribution >= 4 is 30.9 Å². The molecule has 210 valence electrons. The van der Waals surface area contributed by atoms with E-state index in [-0.39, 0.29) is 6.17 Å². The predicted octanol–water partition coefficient (Wildman–Crippen LogP) is 10.3. The Balaban J connectivity index is 1.45. The highest BCUT2D eigenvalue weighted by Gasteiger charge is 2.47. The van der Waals surface area contributed by atoms with Gasteiger partial charge in [0.2, 0.25) is 11.4 Å². The van der Waals surface area contributed by atoms with Gasteiger partial charge < -0.3 is 0 Å². The quantitative estimate of drug-likeness (QED) is 0.169. The molecule has 0 N–H and O–H groups in total. The second-order valence-corrected chi connectivity index (χ2v) is 18.7. The fraction of sp³-hybridized carbons (Fsp3) is 0.611. The van der Waals surface area contributed by atoms with E-state index in [1.54, 1.807) is 37.4 Å². The van der Waals surface area contributed by atoms with Crippen molar-refractivity contribution in [1.29, 1.82) is 0 Å². The number of para-hydroxylation sites is 2. The van der Waals surface area contributed by atoms with Gasteiger partial charge in [-0.05, 0) is 45.2 Å². The topological polar surface area (TPSA) is 6.02 Å². The molecule has 0 saturated heterocycles. The van der Waals surface area contributed by atoms with Gasteiger partial charge >= 0.3 is 6.17 Å². The van der Waals surface area contributed by atoms with Gasteiger partial charge in [0, 0.05) is 35.6 Å². The van der Waals surface area contributed by atoms with Gasteiger partial charge in [0.05, 0.1) is 15.0 Å². The summed E-state index contributed by atoms with van der Waals surface area (Å²) < 4.78 is 5.35. The Morgan fingerprint density at radius 1 is 0.667 bits per heavy atom. The van der Waals surface area contributed by atoms with Crippen molar-refractivity contribution in [1.82, 2.24) is 0 Å². The van der Waals surface area contributed by atoms with Gasteiger partial charge in [-0.1, -0.05) is 107 Å². The monoisotopic (exact) mass is 542 g/mol. The van der Waals surface area contributed by atoms with E-state index in [4.69, 9.17) is 0 Å². The van der Waals surface area contributed by atoms with E-state index in [1.165, 1.54) is 84.3 Å². The number of nitrogens with zero attached hydrogens (tertiary/aromatic N) is 2. The number of hydrogen-bond donors (Lipinski definition) is 0. The van der Waals surface area contributed by atoms with Crippen LogP contribution in [0, 0.1) is 27.7 Å². The minimum atomic E-state index is -1.21. The first-order valence-electron chi connectivity index (χ1n) is 16.1. The molecule has 0 bridgehead atoms. The van der Waals surface area contributed by atoms with Crippen LogP contribution >= 0.6 is 0 Å². The lowest BCUT2D eigenvalue weighted by atomic mass is 10.1. The summed E-state index contributed by atoms with van der Waals surface area (Å²) in [5.41, 5.74) is 13.6. The van der Waals surface area contributed by atoms with E-state index >= 15 is 0 Å². The molecule has 1 aliphatic heterocycles. The zero-order valence-electron chi connectivity index (χ0n) is 26.1. The van der Waals surface area contributed by atoms with Gasteiger partial charge in [-0.15, -0.1) is 9.15 Å². The average molecular weight is 543 g/mol. The second-order valence-electron chi connectivity index (χ2n) is 13.6. The van der Waals surface area contributed by atoms with Crippen LogP contribution in [-0.2, 0) is 0 Å². The van der Waals surface area contributed by atoms with Crippen LogP contribution in [0.15, 0.2) is 36.4 Å². The highest BCUT2D eigenvalue weighted by Crippen LogP contribution is 2.52. The van der Waals surface area contributed by atoms with E-state index in [0.717, 1.165) is 11.1 Å². The van der Waals surface area contributed by atoms with Crippen LogP contribution in [0.5, 0.6) is 0 Å². The summed E-state index contributed by atoms with van der Waals surface area (Å²) in [6, 6.07) is 15.1. The SMILES string of the molecule is CC1=[N+](c2c(C)cccc2C)C(C)[N+](c2c(C)cccc2C)=C1CCCC[Si](C)(C1CCCC1)C1CCCC1. The predicted molar refractivity (Wildman–Crippen MR) is 172 cm³/mol. The summed E-state index contributed by atoms with van der Waals surface area (Å²) in [7, 11) is -1.21. The lowest BCUT2D eigenvalue weighted by Gasteiger charge is -2.39. The lowest BCUT2D eigenvalue weighted by molar-refractivity contribution is -0.688. The molecule has 2 aromatic rings. The fourth-order valence-electron chi connectivity index (χ4n) is 8.99. The third-order valence-corrected chi connectivity index (χ3v) is 17.4. The summed E-state index contributed by atoms with van der Waals surface area (Å²) in [6.07, 6.45) is 16.4. The molecule has 3 aliphatic rings. The van der Waals surface area contributed by atoms with Crippen LogP contribution in [0.25, 0.3) is 0 Å². The molecule has 1 atom stereocenters. The molecule has 0 amide bonds. The number of unbranched alkanes of at least 4 members (excludes halogenated alkanes) is 1. The minimum absolute atomic E-state index is 0.274. The van der Waals surface area contributed by atoms with Gasteiger partial charge in [0.25, 0.3) is 11.4 Å². The third kappa shape index (κ3) is 5.37. The van der Waals surface area contributed by atoms with Gasteiger partial charge in [0.1, 0.15) is 0 Å². The molecular weight excluding hydrogens is 488 g/mol. The molecule has 2 aliphatic carbocycles. The van der Waals surface area contributed by atoms with E-state index < -0.39 is 8.07 Å². The Hall–Kier alpha value is -2.00. The average Bonchev–Trinajstić information content (AvgIpc) is 3.67. The molecule has 3 heteroatoms. The first-order valence-corrected chi connectivity index (χ1v) is 19.0. The summed E-state index contributed by atoms with van der Waals surface area (Å²) in [5, 5.41) is 0.